The number of benzene rings is 3. The molecule has 3 N–H and O–H groups in total. The van der Waals surface area contributed by atoms with Gasteiger partial charge in [-0.15, -0.1) is 12.4 Å². The zero-order valence-corrected chi connectivity index (χ0v) is 19.6. The van der Waals surface area contributed by atoms with Crippen molar-refractivity contribution in [3.63, 3.8) is 0 Å². The van der Waals surface area contributed by atoms with Gasteiger partial charge in [0.1, 0.15) is 23.0 Å². The number of hydrogen-bond donors (Lipinski definition) is 3. The fourth-order valence-electron chi connectivity index (χ4n) is 4.29. The number of phenols is 2. The van der Waals surface area contributed by atoms with Gasteiger partial charge >= 0.3 is 5.97 Å². The van der Waals surface area contributed by atoms with Crippen molar-refractivity contribution in [3.8, 4) is 23.0 Å². The van der Waals surface area contributed by atoms with Crippen LogP contribution in [0.25, 0.3) is 0 Å². The summed E-state index contributed by atoms with van der Waals surface area (Å²) in [6.45, 7) is 0. The number of anilines is 2. The van der Waals surface area contributed by atoms with E-state index in [1.807, 2.05) is 0 Å². The molecule has 0 aliphatic carbocycles. The van der Waals surface area contributed by atoms with Crippen molar-refractivity contribution in [2.45, 2.75) is 5.60 Å². The Kier molecular flexibility index (Phi) is 5.36. The van der Waals surface area contributed by atoms with Crippen molar-refractivity contribution >= 4 is 53.2 Å². The molecule has 0 radical (unpaired) electrons. The van der Waals surface area contributed by atoms with Crippen LogP contribution < -0.4 is 10.1 Å². The number of carbonyl (C=O) groups excluding carboxylic acids is 1. The van der Waals surface area contributed by atoms with Crippen LogP contribution in [0.5, 0.6) is 23.0 Å². The summed E-state index contributed by atoms with van der Waals surface area (Å²) in [5, 5.41) is 22.8. The predicted molar refractivity (Wildman–Crippen MR) is 128 cm³/mol. The minimum Gasteiger partial charge on any atom is -0.508 e. The average Bonchev–Trinajstić information content (AvgIpc) is 3.05. The van der Waals surface area contributed by atoms with E-state index in [9.17, 15) is 15.0 Å². The third kappa shape index (κ3) is 3.56. The van der Waals surface area contributed by atoms with Gasteiger partial charge in [-0.1, -0.05) is 6.07 Å². The van der Waals surface area contributed by atoms with Crippen molar-refractivity contribution < 1.29 is 24.5 Å². The summed E-state index contributed by atoms with van der Waals surface area (Å²) in [5.74, 6) is 0.113. The SMILES string of the molecule is Cl.O=C1OC2(c3ccc(O)cc3Oc3cc(O)ccc32)c2ccc(Nc3nc(Cl)nc(Cl)n3)cc21. The number of aromatic hydroxyl groups is 2. The van der Waals surface area contributed by atoms with Crippen LogP contribution in [0.15, 0.2) is 54.6 Å². The van der Waals surface area contributed by atoms with Crippen LogP contribution in [0.3, 0.4) is 0 Å². The number of rotatable bonds is 2. The van der Waals surface area contributed by atoms with Crippen molar-refractivity contribution in [2.24, 2.45) is 0 Å². The van der Waals surface area contributed by atoms with Crippen LogP contribution in [0, 0.1) is 0 Å². The summed E-state index contributed by atoms with van der Waals surface area (Å²) in [4.78, 5) is 24.8. The smallest absolute Gasteiger partial charge is 0.340 e. The van der Waals surface area contributed by atoms with Gasteiger partial charge in [0.05, 0.1) is 5.56 Å². The van der Waals surface area contributed by atoms with Crippen molar-refractivity contribution in [3.05, 3.63) is 87.4 Å². The first kappa shape index (κ1) is 23.0. The molecule has 0 unspecified atom stereocenters. The number of ether oxygens (including phenoxy) is 2. The van der Waals surface area contributed by atoms with Gasteiger partial charge < -0.3 is 25.0 Å². The topological polar surface area (TPSA) is 127 Å². The van der Waals surface area contributed by atoms with Gasteiger partial charge in [-0.25, -0.2) is 4.79 Å². The van der Waals surface area contributed by atoms with Gasteiger partial charge in [-0.05, 0) is 59.6 Å². The Balaban J connectivity index is 0.00000253. The standard InChI is InChI=1S/C23H12Cl2N4O5.ClH/c24-20-27-21(25)29-22(28-20)26-10-1-4-14-13(7-10)19(32)34-23(14)15-5-2-11(30)8-17(15)33-18-9-12(31)3-6-16(18)23;/h1-9,30-31H,(H,26,27,28,29);1H. The zero-order chi connectivity index (χ0) is 23.6. The summed E-state index contributed by atoms with van der Waals surface area (Å²) in [7, 11) is 0. The van der Waals surface area contributed by atoms with Crippen molar-refractivity contribution in [1.82, 2.24) is 15.0 Å². The third-order valence-electron chi connectivity index (χ3n) is 5.61. The maximum absolute atomic E-state index is 13.1. The van der Waals surface area contributed by atoms with Crippen LogP contribution in [0.1, 0.15) is 27.0 Å². The lowest BCUT2D eigenvalue weighted by Gasteiger charge is -2.36. The van der Waals surface area contributed by atoms with Gasteiger partial charge in [0.2, 0.25) is 16.5 Å². The fourth-order valence-corrected chi connectivity index (χ4v) is 4.66. The number of nitrogens with zero attached hydrogens (tertiary/aromatic N) is 3. The van der Waals surface area contributed by atoms with E-state index in [4.69, 9.17) is 32.7 Å². The lowest BCUT2D eigenvalue weighted by atomic mass is 9.77. The zero-order valence-electron chi connectivity index (χ0n) is 17.3. The molecule has 3 aromatic carbocycles. The molecule has 4 aromatic rings. The van der Waals surface area contributed by atoms with Crippen LogP contribution in [-0.4, -0.2) is 31.1 Å². The molecule has 0 saturated carbocycles. The quantitative estimate of drug-likeness (QED) is 0.294. The van der Waals surface area contributed by atoms with Crippen LogP contribution >= 0.6 is 35.6 Å². The Morgan fingerprint density at radius 3 is 1.97 bits per heavy atom. The van der Waals surface area contributed by atoms with E-state index in [2.05, 4.69) is 20.3 Å². The van der Waals surface area contributed by atoms with E-state index < -0.39 is 11.6 Å². The second kappa shape index (κ2) is 8.16. The number of fused-ring (bicyclic) bond motifs is 6. The lowest BCUT2D eigenvalue weighted by Crippen LogP contribution is -2.32. The number of halogens is 3. The molecule has 0 saturated heterocycles. The highest BCUT2D eigenvalue weighted by Gasteiger charge is 2.53. The second-order valence-corrected chi connectivity index (χ2v) is 8.29. The van der Waals surface area contributed by atoms with Crippen LogP contribution in [-0.2, 0) is 10.3 Å². The number of carbonyl (C=O) groups is 1. The maximum Gasteiger partial charge on any atom is 0.340 e. The second-order valence-electron chi connectivity index (χ2n) is 7.62. The van der Waals surface area contributed by atoms with E-state index >= 15 is 0 Å². The summed E-state index contributed by atoms with van der Waals surface area (Å²) < 4.78 is 12.0. The molecule has 12 heteroatoms. The number of nitrogens with one attached hydrogen (secondary N) is 1. The molecule has 6 rings (SSSR count). The van der Waals surface area contributed by atoms with E-state index in [-0.39, 0.29) is 40.4 Å². The van der Waals surface area contributed by atoms with E-state index in [1.54, 1.807) is 30.3 Å². The Labute approximate surface area is 213 Å². The average molecular weight is 532 g/mol. The van der Waals surface area contributed by atoms with Gasteiger partial charge in [0, 0.05) is 34.5 Å². The van der Waals surface area contributed by atoms with Crippen LogP contribution in [0.2, 0.25) is 10.6 Å². The number of esters is 1. The van der Waals surface area contributed by atoms with E-state index in [1.165, 1.54) is 24.3 Å². The molecule has 3 heterocycles. The minimum atomic E-state index is -1.34. The largest absolute Gasteiger partial charge is 0.508 e. The fraction of sp³-hybridized carbons (Fsp3) is 0.0435. The Bertz CT molecular complexity index is 1460. The predicted octanol–water partition coefficient (Wildman–Crippen LogP) is 5.32. The number of aromatic nitrogens is 3. The van der Waals surface area contributed by atoms with Crippen molar-refractivity contribution in [1.29, 1.82) is 0 Å². The highest BCUT2D eigenvalue weighted by Crippen LogP contribution is 2.57. The van der Waals surface area contributed by atoms with Gasteiger partial charge in [-0.3, -0.25) is 0 Å². The third-order valence-corrected chi connectivity index (χ3v) is 5.95. The Hall–Kier alpha value is -3.79. The minimum absolute atomic E-state index is 0. The molecule has 9 nitrogen and oxygen atoms in total. The maximum atomic E-state index is 13.1. The molecule has 2 aliphatic rings. The summed E-state index contributed by atoms with van der Waals surface area (Å²) in [6.07, 6.45) is 0. The van der Waals surface area contributed by atoms with Gasteiger partial charge in [0.25, 0.3) is 0 Å². The molecule has 0 bridgehead atoms. The van der Waals surface area contributed by atoms with Crippen molar-refractivity contribution in [2.75, 3.05) is 5.32 Å². The van der Waals surface area contributed by atoms with Gasteiger partial charge in [0.15, 0.2) is 5.60 Å². The summed E-state index contributed by atoms with van der Waals surface area (Å²) >= 11 is 11.7. The molecular formula is C23H13Cl3N4O5. The molecule has 0 amide bonds. The first-order valence-corrected chi connectivity index (χ1v) is 10.7. The first-order chi connectivity index (χ1) is 16.3. The molecule has 1 spiro atoms. The van der Waals surface area contributed by atoms with Gasteiger partial charge in [-0.2, -0.15) is 15.0 Å². The normalized spacial score (nSPS) is 14.2. The highest BCUT2D eigenvalue weighted by atomic mass is 35.5. The lowest BCUT2D eigenvalue weighted by molar-refractivity contribution is 0.0224. The summed E-state index contributed by atoms with van der Waals surface area (Å²) in [5.41, 5.74) is 1.09. The monoisotopic (exact) mass is 530 g/mol. The van der Waals surface area contributed by atoms with E-state index in [0.717, 1.165) is 0 Å². The summed E-state index contributed by atoms with van der Waals surface area (Å²) in [6, 6.07) is 14.2. The molecule has 176 valence electrons. The highest BCUT2D eigenvalue weighted by molar-refractivity contribution is 6.31. The Morgan fingerprint density at radius 2 is 1.37 bits per heavy atom. The molecule has 35 heavy (non-hydrogen) atoms. The molecule has 2 aliphatic heterocycles. The molecular weight excluding hydrogens is 519 g/mol. The Morgan fingerprint density at radius 1 is 0.800 bits per heavy atom. The molecule has 0 fully saturated rings. The molecule has 0 atom stereocenters. The van der Waals surface area contributed by atoms with Crippen LogP contribution in [0.4, 0.5) is 11.6 Å². The number of hydrogen-bond acceptors (Lipinski definition) is 9. The van der Waals surface area contributed by atoms with E-state index in [0.29, 0.717) is 39.4 Å². The number of phenolic OH excluding ortho intramolecular Hbond substituents is 2. The molecule has 1 aromatic heterocycles. The first-order valence-electron chi connectivity index (χ1n) is 9.90.